The minimum absolute atomic E-state index is 0.0514. The van der Waals surface area contributed by atoms with Crippen molar-refractivity contribution in [3.63, 3.8) is 0 Å². The Bertz CT molecular complexity index is 1180. The predicted octanol–water partition coefficient (Wildman–Crippen LogP) is 3.08. The quantitative estimate of drug-likeness (QED) is 0.586. The van der Waals surface area contributed by atoms with Crippen molar-refractivity contribution >= 4 is 50.9 Å². The van der Waals surface area contributed by atoms with Crippen molar-refractivity contribution in [1.29, 1.82) is 0 Å². The van der Waals surface area contributed by atoms with Gasteiger partial charge in [0.25, 0.3) is 15.9 Å². The molecule has 11 heteroatoms. The number of fused-ring (bicyclic) bond motifs is 1. The van der Waals surface area contributed by atoms with Crippen LogP contribution in [0.5, 0.6) is 0 Å². The molecule has 0 spiro atoms. The molecule has 0 saturated carbocycles. The number of sulfonamides is 1. The van der Waals surface area contributed by atoms with Gasteiger partial charge in [0, 0.05) is 42.2 Å². The molecule has 3 amide bonds. The molecule has 0 bridgehead atoms. The van der Waals surface area contributed by atoms with Gasteiger partial charge in [0.2, 0.25) is 11.8 Å². The summed E-state index contributed by atoms with van der Waals surface area (Å²) in [6.45, 7) is 1.34. The number of hydrogen-bond acceptors (Lipinski definition) is 5. The van der Waals surface area contributed by atoms with E-state index >= 15 is 0 Å². The summed E-state index contributed by atoms with van der Waals surface area (Å²) >= 11 is 12.5. The molecule has 0 aliphatic carbocycles. The van der Waals surface area contributed by atoms with E-state index in [9.17, 15) is 22.8 Å². The van der Waals surface area contributed by atoms with Gasteiger partial charge in [-0.3, -0.25) is 14.4 Å². The summed E-state index contributed by atoms with van der Waals surface area (Å²) in [6, 6.07) is 9.97. The van der Waals surface area contributed by atoms with Crippen LogP contribution in [0.15, 0.2) is 47.4 Å². The van der Waals surface area contributed by atoms with Crippen molar-refractivity contribution in [3.8, 4) is 0 Å². The molecule has 0 fully saturated rings. The van der Waals surface area contributed by atoms with Crippen molar-refractivity contribution in [2.75, 3.05) is 13.6 Å². The molecular formula is C22H23Cl2N3O5S. The maximum atomic E-state index is 13.3. The lowest BCUT2D eigenvalue weighted by Gasteiger charge is -2.31. The van der Waals surface area contributed by atoms with E-state index in [4.69, 9.17) is 23.2 Å². The Balaban J connectivity index is 1.86. The number of nitrogens with zero attached hydrogens (tertiary/aromatic N) is 2. The molecule has 1 aliphatic rings. The number of nitrogens with one attached hydrogen (secondary N) is 1. The zero-order valence-corrected chi connectivity index (χ0v) is 20.4. The number of halogens is 2. The van der Waals surface area contributed by atoms with E-state index in [2.05, 4.69) is 5.32 Å². The Kier molecular flexibility index (Phi) is 7.66. The van der Waals surface area contributed by atoms with E-state index in [-0.39, 0.29) is 35.9 Å². The fourth-order valence-electron chi connectivity index (χ4n) is 3.73. The SMILES string of the molecule is CCC(C(=O)NC)N(Cc1c(Cl)cccc1Cl)C(=O)CCN1C(=O)c2ccccc2S1(=O)=O. The average Bonchev–Trinajstić information content (AvgIpc) is 2.99. The third kappa shape index (κ3) is 4.85. The van der Waals surface area contributed by atoms with Gasteiger partial charge in [0.15, 0.2) is 0 Å². The first-order valence-electron chi connectivity index (χ1n) is 10.2. The predicted molar refractivity (Wildman–Crippen MR) is 124 cm³/mol. The van der Waals surface area contributed by atoms with Crippen LogP contribution in [0.1, 0.15) is 35.7 Å². The molecule has 1 atom stereocenters. The molecule has 1 unspecified atom stereocenters. The van der Waals surface area contributed by atoms with Crippen LogP contribution < -0.4 is 5.32 Å². The van der Waals surface area contributed by atoms with Crippen LogP contribution in [0.4, 0.5) is 0 Å². The third-order valence-electron chi connectivity index (χ3n) is 5.46. The Morgan fingerprint density at radius 1 is 1.09 bits per heavy atom. The summed E-state index contributed by atoms with van der Waals surface area (Å²) in [5, 5.41) is 3.20. The summed E-state index contributed by atoms with van der Waals surface area (Å²) in [4.78, 5) is 39.6. The van der Waals surface area contributed by atoms with Gasteiger partial charge in [0.05, 0.1) is 5.56 Å². The Labute approximate surface area is 202 Å². The monoisotopic (exact) mass is 511 g/mol. The summed E-state index contributed by atoms with van der Waals surface area (Å²) in [5.41, 5.74) is 0.537. The van der Waals surface area contributed by atoms with Gasteiger partial charge >= 0.3 is 0 Å². The fourth-order valence-corrected chi connectivity index (χ4v) is 5.82. The third-order valence-corrected chi connectivity index (χ3v) is 8.01. The second-order valence-corrected chi connectivity index (χ2v) is 10.0. The van der Waals surface area contributed by atoms with Gasteiger partial charge in [-0.25, -0.2) is 12.7 Å². The van der Waals surface area contributed by atoms with E-state index in [1.807, 2.05) is 0 Å². The van der Waals surface area contributed by atoms with Crippen LogP contribution in [0.2, 0.25) is 10.0 Å². The zero-order chi connectivity index (χ0) is 24.3. The van der Waals surface area contributed by atoms with E-state index in [1.54, 1.807) is 31.2 Å². The summed E-state index contributed by atoms with van der Waals surface area (Å²) in [7, 11) is -2.58. The molecule has 33 heavy (non-hydrogen) atoms. The molecule has 176 valence electrons. The molecule has 1 aliphatic heterocycles. The maximum absolute atomic E-state index is 13.3. The number of likely N-dealkylation sites (N-methyl/N-ethyl adjacent to an activating group) is 1. The number of rotatable bonds is 8. The van der Waals surface area contributed by atoms with Crippen LogP contribution in [-0.2, 0) is 26.2 Å². The Hall–Kier alpha value is -2.62. The molecule has 1 N–H and O–H groups in total. The second-order valence-electron chi connectivity index (χ2n) is 7.39. The Morgan fingerprint density at radius 3 is 2.30 bits per heavy atom. The van der Waals surface area contributed by atoms with Crippen molar-refractivity contribution < 1.29 is 22.8 Å². The molecular weight excluding hydrogens is 489 g/mol. The van der Waals surface area contributed by atoms with Crippen LogP contribution in [0, 0.1) is 0 Å². The van der Waals surface area contributed by atoms with E-state index in [1.165, 1.54) is 30.1 Å². The molecule has 3 rings (SSSR count). The second kappa shape index (κ2) is 10.1. The number of benzene rings is 2. The van der Waals surface area contributed by atoms with Gasteiger partial charge < -0.3 is 10.2 Å². The van der Waals surface area contributed by atoms with Crippen molar-refractivity contribution in [2.24, 2.45) is 0 Å². The van der Waals surface area contributed by atoms with E-state index in [0.29, 0.717) is 26.3 Å². The van der Waals surface area contributed by atoms with Crippen molar-refractivity contribution in [1.82, 2.24) is 14.5 Å². The normalized spacial score (nSPS) is 15.2. The lowest BCUT2D eigenvalue weighted by Crippen LogP contribution is -2.49. The highest BCUT2D eigenvalue weighted by Crippen LogP contribution is 2.31. The molecule has 0 saturated heterocycles. The average molecular weight is 512 g/mol. The summed E-state index contributed by atoms with van der Waals surface area (Å²) < 4.78 is 26.3. The standard InChI is InChI=1S/C22H23Cl2N3O5S/c1-3-18(21(29)25-2)26(13-15-16(23)8-6-9-17(15)24)20(28)11-12-27-22(30)14-7-4-5-10-19(14)33(27,31)32/h4-10,18H,3,11-13H2,1-2H3,(H,25,29). The largest absolute Gasteiger partial charge is 0.357 e. The first-order valence-corrected chi connectivity index (χ1v) is 12.4. The van der Waals surface area contributed by atoms with Gasteiger partial charge in [-0.15, -0.1) is 0 Å². The number of hydrogen-bond donors (Lipinski definition) is 1. The van der Waals surface area contributed by atoms with E-state index in [0.717, 1.165) is 0 Å². The molecule has 1 heterocycles. The highest BCUT2D eigenvalue weighted by Gasteiger charge is 2.41. The number of amides is 3. The maximum Gasteiger partial charge on any atom is 0.269 e. The topological polar surface area (TPSA) is 104 Å². The minimum Gasteiger partial charge on any atom is -0.357 e. The summed E-state index contributed by atoms with van der Waals surface area (Å²) in [6.07, 6.45) is -0.00556. The van der Waals surface area contributed by atoms with Gasteiger partial charge in [-0.2, -0.15) is 0 Å². The molecule has 2 aromatic rings. The molecule has 0 radical (unpaired) electrons. The molecule has 0 aromatic heterocycles. The van der Waals surface area contributed by atoms with E-state index < -0.39 is 27.9 Å². The summed E-state index contributed by atoms with van der Waals surface area (Å²) in [5.74, 6) is -1.58. The molecule has 2 aromatic carbocycles. The number of carbonyl (C=O) groups excluding carboxylic acids is 3. The Morgan fingerprint density at radius 2 is 1.73 bits per heavy atom. The van der Waals surface area contributed by atoms with Gasteiger partial charge in [-0.1, -0.05) is 48.3 Å². The van der Waals surface area contributed by atoms with Gasteiger partial charge in [0.1, 0.15) is 10.9 Å². The van der Waals surface area contributed by atoms with Crippen molar-refractivity contribution in [3.05, 3.63) is 63.6 Å². The van der Waals surface area contributed by atoms with Crippen LogP contribution in [0.3, 0.4) is 0 Å². The molecule has 8 nitrogen and oxygen atoms in total. The lowest BCUT2D eigenvalue weighted by atomic mass is 10.1. The lowest BCUT2D eigenvalue weighted by molar-refractivity contribution is -0.141. The van der Waals surface area contributed by atoms with Crippen LogP contribution in [-0.4, -0.2) is 55.0 Å². The first kappa shape index (κ1) is 25.0. The zero-order valence-electron chi connectivity index (χ0n) is 18.0. The highest BCUT2D eigenvalue weighted by atomic mass is 35.5. The number of carbonyl (C=O) groups is 3. The smallest absolute Gasteiger partial charge is 0.269 e. The first-order chi connectivity index (χ1) is 15.6. The fraction of sp³-hybridized carbons (Fsp3) is 0.318. The van der Waals surface area contributed by atoms with Crippen molar-refractivity contribution in [2.45, 2.75) is 37.2 Å². The minimum atomic E-state index is -4.04. The highest BCUT2D eigenvalue weighted by molar-refractivity contribution is 7.90. The van der Waals surface area contributed by atoms with Crippen LogP contribution in [0.25, 0.3) is 0 Å². The van der Waals surface area contributed by atoms with Gasteiger partial charge in [-0.05, 0) is 30.7 Å². The van der Waals surface area contributed by atoms with Crippen LogP contribution >= 0.6 is 23.2 Å².